The maximum Gasteiger partial charge on any atom is 0.262 e. The first-order chi connectivity index (χ1) is 16.0. The number of hydrogen-bond acceptors (Lipinski definition) is 6. The lowest BCUT2D eigenvalue weighted by molar-refractivity contribution is -0.122. The molecule has 9 nitrogen and oxygen atoms in total. The van der Waals surface area contributed by atoms with Crippen LogP contribution in [0.25, 0.3) is 0 Å². The van der Waals surface area contributed by atoms with Crippen LogP contribution >= 0.6 is 0 Å². The summed E-state index contributed by atoms with van der Waals surface area (Å²) in [6, 6.07) is 5.60. The Morgan fingerprint density at radius 2 is 2.06 bits per heavy atom. The third-order valence-electron chi connectivity index (χ3n) is 6.27. The largest absolute Gasteiger partial charge is 0.493 e. The van der Waals surface area contributed by atoms with E-state index in [0.717, 1.165) is 29.8 Å². The molecule has 1 aromatic heterocycles. The lowest BCUT2D eigenvalue weighted by Crippen LogP contribution is -2.40. The van der Waals surface area contributed by atoms with Gasteiger partial charge in [-0.1, -0.05) is 12.1 Å². The average molecular weight is 490 g/mol. The Hall–Kier alpha value is -2.43. The average Bonchev–Trinajstić information content (AvgIpc) is 3.41. The molecule has 1 unspecified atom stereocenters. The van der Waals surface area contributed by atoms with E-state index in [0.29, 0.717) is 26.0 Å². The van der Waals surface area contributed by atoms with Gasteiger partial charge in [0.1, 0.15) is 5.75 Å². The fourth-order valence-corrected chi connectivity index (χ4v) is 6.16. The van der Waals surface area contributed by atoms with Crippen LogP contribution in [-0.2, 0) is 28.4 Å². The van der Waals surface area contributed by atoms with E-state index < -0.39 is 10.0 Å². The summed E-state index contributed by atoms with van der Waals surface area (Å²) in [5.74, 6) is 0.648. The molecule has 2 N–H and O–H groups in total. The van der Waals surface area contributed by atoms with E-state index in [1.165, 1.54) is 16.8 Å². The molecule has 10 heteroatoms. The van der Waals surface area contributed by atoms with Gasteiger partial charge < -0.3 is 19.9 Å². The first kappa shape index (κ1) is 24.7. The molecule has 1 amide bonds. The number of aryl methyl sites for hydroxylation is 1. The number of carbonyl (C=O) groups is 1. The molecule has 186 valence electrons. The highest BCUT2D eigenvalue weighted by molar-refractivity contribution is 7.89. The quantitative estimate of drug-likeness (QED) is 0.619. The first-order valence-corrected chi connectivity index (χ1v) is 13.3. The van der Waals surface area contributed by atoms with Crippen LogP contribution in [0.5, 0.6) is 5.75 Å². The summed E-state index contributed by atoms with van der Waals surface area (Å²) < 4.78 is 35.0. The molecule has 0 spiro atoms. The highest BCUT2D eigenvalue weighted by atomic mass is 32.2. The van der Waals surface area contributed by atoms with Gasteiger partial charge in [-0.25, -0.2) is 13.4 Å². The molecule has 4 rings (SSSR count). The van der Waals surface area contributed by atoms with Crippen molar-refractivity contribution in [3.8, 4) is 5.75 Å². The van der Waals surface area contributed by atoms with E-state index >= 15 is 0 Å². The fourth-order valence-electron chi connectivity index (χ4n) is 4.50. The maximum absolute atomic E-state index is 13.0. The molecule has 0 saturated carbocycles. The molecule has 1 fully saturated rings. The van der Waals surface area contributed by atoms with Crippen molar-refractivity contribution in [3.05, 3.63) is 41.9 Å². The molecule has 3 heterocycles. The number of amides is 1. The number of carbonyl (C=O) groups excluding carboxylic acids is 1. The highest BCUT2D eigenvalue weighted by Gasteiger charge is 2.38. The van der Waals surface area contributed by atoms with Gasteiger partial charge in [-0.2, -0.15) is 4.31 Å². The van der Waals surface area contributed by atoms with Crippen LogP contribution in [0.1, 0.15) is 63.6 Å². The van der Waals surface area contributed by atoms with Crippen molar-refractivity contribution in [2.24, 2.45) is 7.05 Å². The van der Waals surface area contributed by atoms with Gasteiger partial charge in [0.15, 0.2) is 5.03 Å². The molecule has 0 aliphatic carbocycles. The zero-order chi connectivity index (χ0) is 24.5. The van der Waals surface area contributed by atoms with Crippen LogP contribution in [0, 0.1) is 0 Å². The SMILES string of the molecule is Cn1cnc(S(=O)(=O)N2CCC[C@H]2CC(=O)NC2CCOc3cc(CNC(C)(C)C)ccc32)c1. The Kier molecular flexibility index (Phi) is 7.02. The lowest BCUT2D eigenvalue weighted by atomic mass is 9.98. The Labute approximate surface area is 201 Å². The van der Waals surface area contributed by atoms with Gasteiger partial charge in [0, 0.05) is 56.3 Å². The molecule has 2 aliphatic heterocycles. The van der Waals surface area contributed by atoms with Gasteiger partial charge in [0.05, 0.1) is 19.0 Å². The number of imidazole rings is 1. The first-order valence-electron chi connectivity index (χ1n) is 11.8. The van der Waals surface area contributed by atoms with Crippen LogP contribution in [0.4, 0.5) is 0 Å². The van der Waals surface area contributed by atoms with Gasteiger partial charge in [-0.05, 0) is 45.2 Å². The van der Waals surface area contributed by atoms with E-state index in [9.17, 15) is 13.2 Å². The normalized spacial score (nSPS) is 21.2. The summed E-state index contributed by atoms with van der Waals surface area (Å²) in [5, 5.41) is 6.62. The fraction of sp³-hybridized carbons (Fsp3) is 0.583. The van der Waals surface area contributed by atoms with E-state index in [1.807, 2.05) is 12.1 Å². The van der Waals surface area contributed by atoms with Crippen molar-refractivity contribution in [3.63, 3.8) is 0 Å². The van der Waals surface area contributed by atoms with Crippen LogP contribution in [0.3, 0.4) is 0 Å². The van der Waals surface area contributed by atoms with Crippen LogP contribution < -0.4 is 15.4 Å². The predicted molar refractivity (Wildman–Crippen MR) is 129 cm³/mol. The summed E-state index contributed by atoms with van der Waals surface area (Å²) in [7, 11) is -1.99. The van der Waals surface area contributed by atoms with Crippen molar-refractivity contribution >= 4 is 15.9 Å². The third kappa shape index (κ3) is 5.61. The third-order valence-corrected chi connectivity index (χ3v) is 8.11. The molecule has 2 aliphatic rings. The minimum Gasteiger partial charge on any atom is -0.493 e. The minimum atomic E-state index is -3.72. The van der Waals surface area contributed by atoms with E-state index in [2.05, 4.69) is 42.5 Å². The standard InChI is InChI=1S/C24H35N5O4S/c1-24(2,3)26-14-17-7-8-19-20(9-11-33-21(19)12-17)27-22(30)13-18-6-5-10-29(18)34(31,32)23-15-28(4)16-25-23/h7-8,12,15-16,18,20,26H,5-6,9-11,13-14H2,1-4H3,(H,27,30)/t18-,20?/m0/s1. The van der Waals surface area contributed by atoms with E-state index in [4.69, 9.17) is 4.74 Å². The van der Waals surface area contributed by atoms with Gasteiger partial charge in [-0.3, -0.25) is 4.79 Å². The summed E-state index contributed by atoms with van der Waals surface area (Å²) in [6.45, 7) is 8.04. The number of benzene rings is 1. The summed E-state index contributed by atoms with van der Waals surface area (Å²) in [5.41, 5.74) is 2.11. The van der Waals surface area contributed by atoms with E-state index in [1.54, 1.807) is 11.6 Å². The maximum atomic E-state index is 13.0. The lowest BCUT2D eigenvalue weighted by Gasteiger charge is -2.29. The molecule has 2 aromatic rings. The molecule has 1 saturated heterocycles. The number of sulfonamides is 1. The summed E-state index contributed by atoms with van der Waals surface area (Å²) >= 11 is 0. The second-order valence-corrected chi connectivity index (χ2v) is 12.1. The van der Waals surface area contributed by atoms with Gasteiger partial charge >= 0.3 is 0 Å². The molecule has 0 bridgehead atoms. The minimum absolute atomic E-state index is 0.0193. The number of nitrogens with zero attached hydrogens (tertiary/aromatic N) is 3. The Balaban J connectivity index is 1.41. The monoisotopic (exact) mass is 489 g/mol. The zero-order valence-electron chi connectivity index (χ0n) is 20.4. The number of hydrogen-bond donors (Lipinski definition) is 2. The van der Waals surface area contributed by atoms with Gasteiger partial charge in [-0.15, -0.1) is 0 Å². The predicted octanol–water partition coefficient (Wildman–Crippen LogP) is 2.49. The summed E-state index contributed by atoms with van der Waals surface area (Å²) in [6.07, 6.45) is 5.17. The molecule has 2 atom stereocenters. The number of fused-ring (bicyclic) bond motifs is 1. The summed E-state index contributed by atoms with van der Waals surface area (Å²) in [4.78, 5) is 17.0. The number of aromatic nitrogens is 2. The van der Waals surface area contributed by atoms with Crippen molar-refractivity contribution in [1.82, 2.24) is 24.5 Å². The van der Waals surface area contributed by atoms with Crippen molar-refractivity contribution in [1.29, 1.82) is 0 Å². The van der Waals surface area contributed by atoms with Crippen molar-refractivity contribution in [2.75, 3.05) is 13.2 Å². The van der Waals surface area contributed by atoms with Gasteiger partial charge in [0.25, 0.3) is 10.0 Å². The zero-order valence-corrected chi connectivity index (χ0v) is 21.2. The molecule has 34 heavy (non-hydrogen) atoms. The van der Waals surface area contributed by atoms with Crippen LogP contribution in [-0.4, -0.2) is 52.9 Å². The Morgan fingerprint density at radius 1 is 1.26 bits per heavy atom. The topological polar surface area (TPSA) is 106 Å². The Bertz CT molecular complexity index is 1140. The van der Waals surface area contributed by atoms with E-state index in [-0.39, 0.29) is 35.0 Å². The van der Waals surface area contributed by atoms with Crippen molar-refractivity contribution < 1.29 is 17.9 Å². The molecular weight excluding hydrogens is 454 g/mol. The van der Waals surface area contributed by atoms with Crippen LogP contribution in [0.2, 0.25) is 0 Å². The molecular formula is C24H35N5O4S. The second-order valence-electron chi connectivity index (χ2n) is 10.2. The second kappa shape index (κ2) is 9.67. The number of nitrogens with one attached hydrogen (secondary N) is 2. The van der Waals surface area contributed by atoms with Crippen molar-refractivity contribution in [2.45, 2.75) is 75.6 Å². The number of ether oxygens (including phenoxy) is 1. The smallest absolute Gasteiger partial charge is 0.262 e. The molecule has 1 aromatic carbocycles. The highest BCUT2D eigenvalue weighted by Crippen LogP contribution is 2.33. The van der Waals surface area contributed by atoms with Crippen LogP contribution in [0.15, 0.2) is 35.7 Å². The Morgan fingerprint density at radius 3 is 2.76 bits per heavy atom. The van der Waals surface area contributed by atoms with Gasteiger partial charge in [0.2, 0.25) is 5.91 Å². The number of rotatable bonds is 7. The molecule has 0 radical (unpaired) electrons.